The van der Waals surface area contributed by atoms with Crippen molar-refractivity contribution < 1.29 is 9.21 Å². The van der Waals surface area contributed by atoms with E-state index < -0.39 is 0 Å². The summed E-state index contributed by atoms with van der Waals surface area (Å²) >= 11 is 5.91. The van der Waals surface area contributed by atoms with Gasteiger partial charge in [0.25, 0.3) is 0 Å². The molecular weight excluding hydrogens is 445 g/mol. The molecule has 1 fully saturated rings. The van der Waals surface area contributed by atoms with E-state index in [1.165, 1.54) is 5.56 Å². The highest BCUT2D eigenvalue weighted by Gasteiger charge is 2.33. The van der Waals surface area contributed by atoms with Gasteiger partial charge in [-0.15, -0.1) is 24.8 Å². The molecule has 8 heteroatoms. The van der Waals surface area contributed by atoms with Crippen LogP contribution in [0.15, 0.2) is 65.2 Å². The van der Waals surface area contributed by atoms with E-state index in [4.69, 9.17) is 21.8 Å². The summed E-state index contributed by atoms with van der Waals surface area (Å²) in [6, 6.07) is 17.5. The first kappa shape index (κ1) is 24.2. The predicted molar refractivity (Wildman–Crippen MR) is 124 cm³/mol. The molecule has 2 aromatic carbocycles. The second-order valence-electron chi connectivity index (χ2n) is 7.10. The first-order valence-corrected chi connectivity index (χ1v) is 9.77. The lowest BCUT2D eigenvalue weighted by Gasteiger charge is -2.16. The lowest BCUT2D eigenvalue weighted by Crippen LogP contribution is -2.32. The zero-order chi connectivity index (χ0) is 19.5. The number of aromatic nitrogens is 1. The second-order valence-corrected chi connectivity index (χ2v) is 7.54. The largest absolute Gasteiger partial charge is 0.441 e. The lowest BCUT2D eigenvalue weighted by molar-refractivity contribution is -0.130. The lowest BCUT2D eigenvalue weighted by atomic mass is 9.95. The molecule has 0 unspecified atom stereocenters. The Morgan fingerprint density at radius 1 is 1.10 bits per heavy atom. The molecule has 160 valence electrons. The van der Waals surface area contributed by atoms with E-state index in [2.05, 4.69) is 17.1 Å². The minimum absolute atomic E-state index is 0. The molecule has 4 rings (SSSR count). The number of nitrogens with two attached hydrogens (primary N) is 1. The summed E-state index contributed by atoms with van der Waals surface area (Å²) in [5, 5.41) is 0.673. The van der Waals surface area contributed by atoms with Gasteiger partial charge in [-0.1, -0.05) is 41.9 Å². The number of hydrogen-bond acceptors (Lipinski definition) is 4. The number of carbonyl (C=O) groups is 1. The zero-order valence-corrected chi connectivity index (χ0v) is 18.6. The molecule has 0 spiro atoms. The van der Waals surface area contributed by atoms with Crippen molar-refractivity contribution in [3.63, 3.8) is 0 Å². The van der Waals surface area contributed by atoms with Crippen molar-refractivity contribution >= 4 is 42.3 Å². The minimum atomic E-state index is -0.0374. The van der Waals surface area contributed by atoms with Crippen LogP contribution in [0.3, 0.4) is 0 Å². The molecule has 5 nitrogen and oxygen atoms in total. The SMILES string of the molecule is Cl.Cl.N[C@@H]1CN(C(=O)CCc2ncc(-c3ccc(Cl)cc3)o2)C[C@H]1c1ccccc1. The molecular formula is C22H24Cl3N3O2. The zero-order valence-electron chi connectivity index (χ0n) is 16.2. The van der Waals surface area contributed by atoms with Crippen molar-refractivity contribution in [2.24, 2.45) is 5.73 Å². The molecule has 30 heavy (non-hydrogen) atoms. The fourth-order valence-corrected chi connectivity index (χ4v) is 3.76. The summed E-state index contributed by atoms with van der Waals surface area (Å²) in [6.07, 6.45) is 2.50. The molecule has 0 radical (unpaired) electrons. The molecule has 3 aromatic rings. The Kier molecular flexibility index (Phi) is 8.74. The van der Waals surface area contributed by atoms with Crippen molar-refractivity contribution in [2.75, 3.05) is 13.1 Å². The van der Waals surface area contributed by atoms with Crippen LogP contribution in [0, 0.1) is 0 Å². The van der Waals surface area contributed by atoms with Crippen molar-refractivity contribution in [1.29, 1.82) is 0 Å². The molecule has 1 saturated heterocycles. The number of carbonyl (C=O) groups excluding carboxylic acids is 1. The topological polar surface area (TPSA) is 72.4 Å². The Bertz CT molecular complexity index is 948. The first-order valence-electron chi connectivity index (χ1n) is 9.39. The van der Waals surface area contributed by atoms with Crippen LogP contribution in [-0.2, 0) is 11.2 Å². The van der Waals surface area contributed by atoms with E-state index in [0.29, 0.717) is 42.6 Å². The molecule has 2 heterocycles. The van der Waals surface area contributed by atoms with Crippen molar-refractivity contribution in [3.05, 3.63) is 77.3 Å². The van der Waals surface area contributed by atoms with Gasteiger partial charge < -0.3 is 15.1 Å². The van der Waals surface area contributed by atoms with Crippen LogP contribution in [0.25, 0.3) is 11.3 Å². The molecule has 1 aromatic heterocycles. The van der Waals surface area contributed by atoms with Crippen LogP contribution in [0.5, 0.6) is 0 Å². The Labute approximate surface area is 193 Å². The fourth-order valence-electron chi connectivity index (χ4n) is 3.63. The Morgan fingerprint density at radius 3 is 2.50 bits per heavy atom. The standard InChI is InChI=1S/C22H22ClN3O2.2ClH/c23-17-8-6-16(7-9-17)20-12-25-21(28-20)10-11-22(27)26-13-18(19(24)14-26)15-4-2-1-3-5-15;;/h1-9,12,18-19H,10-11,13-14,24H2;2*1H/t18-,19+;;/m0../s1. The number of likely N-dealkylation sites (tertiary alicyclic amines) is 1. The van der Waals surface area contributed by atoms with Crippen LogP contribution in [0.4, 0.5) is 0 Å². The van der Waals surface area contributed by atoms with E-state index in [-0.39, 0.29) is 42.7 Å². The normalized spacial score (nSPS) is 17.9. The van der Waals surface area contributed by atoms with Gasteiger partial charge in [0.05, 0.1) is 6.20 Å². The number of rotatable bonds is 5. The summed E-state index contributed by atoms with van der Waals surface area (Å²) in [5.74, 6) is 1.50. The number of amides is 1. The van der Waals surface area contributed by atoms with Crippen LogP contribution < -0.4 is 5.73 Å². The summed E-state index contributed by atoms with van der Waals surface area (Å²) in [4.78, 5) is 18.8. The third-order valence-electron chi connectivity index (χ3n) is 5.18. The van der Waals surface area contributed by atoms with Crippen molar-refractivity contribution in [1.82, 2.24) is 9.88 Å². The Balaban J connectivity index is 0.00000160. The molecule has 2 atom stereocenters. The second kappa shape index (κ2) is 10.8. The summed E-state index contributed by atoms with van der Waals surface area (Å²) in [7, 11) is 0. The Morgan fingerprint density at radius 2 is 1.80 bits per heavy atom. The highest BCUT2D eigenvalue weighted by Crippen LogP contribution is 2.27. The summed E-state index contributed by atoms with van der Waals surface area (Å²) in [6.45, 7) is 1.24. The third kappa shape index (κ3) is 5.55. The van der Waals surface area contributed by atoms with E-state index in [9.17, 15) is 4.79 Å². The van der Waals surface area contributed by atoms with Crippen LogP contribution >= 0.6 is 36.4 Å². The molecule has 1 amide bonds. The number of aryl methyl sites for hydroxylation is 1. The van der Waals surface area contributed by atoms with Crippen LogP contribution in [-0.4, -0.2) is 34.9 Å². The highest BCUT2D eigenvalue weighted by molar-refractivity contribution is 6.30. The van der Waals surface area contributed by atoms with Gasteiger partial charge in [-0.3, -0.25) is 4.79 Å². The van der Waals surface area contributed by atoms with Gasteiger partial charge in [0.2, 0.25) is 5.91 Å². The summed E-state index contributed by atoms with van der Waals surface area (Å²) < 4.78 is 5.78. The Hall–Kier alpha value is -2.05. The maximum Gasteiger partial charge on any atom is 0.223 e. The minimum Gasteiger partial charge on any atom is -0.441 e. The molecule has 1 aliphatic heterocycles. The summed E-state index contributed by atoms with van der Waals surface area (Å²) in [5.41, 5.74) is 8.38. The van der Waals surface area contributed by atoms with E-state index in [1.54, 1.807) is 6.20 Å². The highest BCUT2D eigenvalue weighted by atomic mass is 35.5. The maximum absolute atomic E-state index is 12.6. The smallest absolute Gasteiger partial charge is 0.223 e. The van der Waals surface area contributed by atoms with E-state index in [0.717, 1.165) is 5.56 Å². The van der Waals surface area contributed by atoms with Gasteiger partial charge in [0.1, 0.15) is 0 Å². The number of oxazole rings is 1. The van der Waals surface area contributed by atoms with Gasteiger partial charge in [0, 0.05) is 48.5 Å². The van der Waals surface area contributed by atoms with Gasteiger partial charge in [-0.05, 0) is 29.8 Å². The average Bonchev–Trinajstić information content (AvgIpc) is 3.34. The number of hydrogen-bond donors (Lipinski definition) is 1. The van der Waals surface area contributed by atoms with Crippen LogP contribution in [0.2, 0.25) is 5.02 Å². The molecule has 1 aliphatic rings. The van der Waals surface area contributed by atoms with Crippen molar-refractivity contribution in [2.45, 2.75) is 24.8 Å². The molecule has 2 N–H and O–H groups in total. The average molecular weight is 469 g/mol. The molecule has 0 bridgehead atoms. The van der Waals surface area contributed by atoms with Gasteiger partial charge >= 0.3 is 0 Å². The first-order chi connectivity index (χ1) is 13.6. The number of benzene rings is 2. The van der Waals surface area contributed by atoms with Gasteiger partial charge in [-0.25, -0.2) is 4.98 Å². The maximum atomic E-state index is 12.6. The van der Waals surface area contributed by atoms with E-state index in [1.807, 2.05) is 47.4 Å². The third-order valence-corrected chi connectivity index (χ3v) is 5.43. The molecule has 0 saturated carbocycles. The molecule has 0 aliphatic carbocycles. The monoisotopic (exact) mass is 467 g/mol. The quantitative estimate of drug-likeness (QED) is 0.588. The number of halogens is 3. The van der Waals surface area contributed by atoms with Crippen LogP contribution in [0.1, 0.15) is 23.8 Å². The fraction of sp³-hybridized carbons (Fsp3) is 0.273. The predicted octanol–water partition coefficient (Wildman–Crippen LogP) is 4.72. The van der Waals surface area contributed by atoms with Gasteiger partial charge in [0.15, 0.2) is 11.7 Å². The van der Waals surface area contributed by atoms with E-state index >= 15 is 0 Å². The number of nitrogens with zero attached hydrogens (tertiary/aromatic N) is 2. The van der Waals surface area contributed by atoms with Gasteiger partial charge in [-0.2, -0.15) is 0 Å². The van der Waals surface area contributed by atoms with Crippen molar-refractivity contribution in [3.8, 4) is 11.3 Å².